The largest absolute Gasteiger partial charge is 0.394 e. The molecule has 9 nitrogen and oxygen atoms in total. The quantitative estimate of drug-likeness (QED) is 0.639. The summed E-state index contributed by atoms with van der Waals surface area (Å²) in [6.07, 6.45) is 1.56. The topological polar surface area (TPSA) is 125 Å². The van der Waals surface area contributed by atoms with Crippen LogP contribution in [-0.2, 0) is 15.9 Å². The summed E-state index contributed by atoms with van der Waals surface area (Å²) < 4.78 is 11.4. The average Bonchev–Trinajstić information content (AvgIpc) is 3.34. The maximum atomic E-state index is 10.4. The fraction of sp³-hybridized carbons (Fsp3) is 0.571. The zero-order valence-corrected chi connectivity index (χ0v) is 16.9. The van der Waals surface area contributed by atoms with Crippen molar-refractivity contribution in [3.05, 3.63) is 35.4 Å². The van der Waals surface area contributed by atoms with E-state index in [-0.39, 0.29) is 19.2 Å². The van der Waals surface area contributed by atoms with Crippen LogP contribution in [0, 0.1) is 0 Å². The molecule has 1 aromatic carbocycles. The molecule has 0 bridgehead atoms. The first-order chi connectivity index (χ1) is 14.6. The van der Waals surface area contributed by atoms with Crippen molar-refractivity contribution in [2.45, 2.75) is 55.4 Å². The van der Waals surface area contributed by atoms with E-state index in [1.165, 1.54) is 24.6 Å². The lowest BCUT2D eigenvalue weighted by Gasteiger charge is -2.40. The molecule has 5 rings (SSSR count). The minimum Gasteiger partial charge on any atom is -0.394 e. The number of methoxy groups -OCH3 is 1. The third kappa shape index (κ3) is 2.84. The second-order valence-corrected chi connectivity index (χ2v) is 8.22. The van der Waals surface area contributed by atoms with E-state index in [1.54, 1.807) is 0 Å². The maximum Gasteiger partial charge on any atom is 0.162 e. The van der Waals surface area contributed by atoms with E-state index < -0.39 is 30.2 Å². The van der Waals surface area contributed by atoms with Gasteiger partial charge in [-0.1, -0.05) is 24.3 Å². The van der Waals surface area contributed by atoms with Gasteiger partial charge in [-0.15, -0.1) is 0 Å². The average molecular weight is 413 g/mol. The van der Waals surface area contributed by atoms with Gasteiger partial charge in [0, 0.05) is 13.0 Å². The number of aryl methyl sites for hydroxylation is 1. The van der Waals surface area contributed by atoms with Gasteiger partial charge in [-0.05, 0) is 30.4 Å². The molecule has 1 saturated heterocycles. The van der Waals surface area contributed by atoms with Gasteiger partial charge in [-0.25, -0.2) is 9.98 Å². The van der Waals surface area contributed by atoms with Crippen LogP contribution in [0.3, 0.4) is 0 Å². The lowest BCUT2D eigenvalue weighted by molar-refractivity contribution is -0.0765. The number of ether oxygens (including phenoxy) is 2. The summed E-state index contributed by atoms with van der Waals surface area (Å²) >= 11 is 0. The summed E-state index contributed by atoms with van der Waals surface area (Å²) in [4.78, 5) is 15.6. The fourth-order valence-electron chi connectivity index (χ4n) is 5.14. The van der Waals surface area contributed by atoms with E-state index >= 15 is 0 Å². The van der Waals surface area contributed by atoms with Crippen molar-refractivity contribution in [3.8, 4) is 0 Å². The van der Waals surface area contributed by atoms with E-state index in [0.29, 0.717) is 11.5 Å². The SMILES string of the molecule is CO[C@@H]1[C@H](O)[C@@H](CO)O[C@H]1N1CN=C2C1=NC=NC2(N)C1CCCc2ccccc21. The van der Waals surface area contributed by atoms with Crippen molar-refractivity contribution in [1.82, 2.24) is 4.90 Å². The first-order valence-electron chi connectivity index (χ1n) is 10.4. The Labute approximate surface area is 174 Å². The molecule has 2 unspecified atom stereocenters. The van der Waals surface area contributed by atoms with E-state index in [0.717, 1.165) is 19.3 Å². The van der Waals surface area contributed by atoms with Crippen molar-refractivity contribution < 1.29 is 19.7 Å². The van der Waals surface area contributed by atoms with Crippen LogP contribution in [-0.4, -0.2) is 83.6 Å². The molecular formula is C21H27N5O4. The molecular weight excluding hydrogens is 386 g/mol. The van der Waals surface area contributed by atoms with Gasteiger partial charge in [0.25, 0.3) is 0 Å². The standard InChI is InChI=1S/C21H27N5O4/c1-29-17-16(28)15(9-27)30-20(17)26-11-24-18-19(26)23-10-25-21(18,22)14-8-4-6-12-5-2-3-7-13(12)14/h2-3,5,7,10,14-17,20,27-28H,4,6,8-9,11,22H2,1H3/t14?,15-,16-,17-,20-,21?/m1/s1. The van der Waals surface area contributed by atoms with Gasteiger partial charge in [-0.2, -0.15) is 0 Å². The summed E-state index contributed by atoms with van der Waals surface area (Å²) in [5, 5.41) is 20.0. The second-order valence-electron chi connectivity index (χ2n) is 8.22. The third-order valence-electron chi connectivity index (χ3n) is 6.67. The Morgan fingerprint density at radius 2 is 2.20 bits per heavy atom. The molecule has 9 heteroatoms. The molecule has 0 radical (unpaired) electrons. The predicted molar refractivity (Wildman–Crippen MR) is 112 cm³/mol. The molecule has 30 heavy (non-hydrogen) atoms. The van der Waals surface area contributed by atoms with Crippen LogP contribution >= 0.6 is 0 Å². The van der Waals surface area contributed by atoms with Crippen molar-refractivity contribution in [1.29, 1.82) is 0 Å². The number of aliphatic hydroxyl groups excluding tert-OH is 2. The fourth-order valence-corrected chi connectivity index (χ4v) is 5.14. The Morgan fingerprint density at radius 1 is 1.37 bits per heavy atom. The van der Waals surface area contributed by atoms with Gasteiger partial charge in [0.2, 0.25) is 0 Å². The van der Waals surface area contributed by atoms with Crippen LogP contribution < -0.4 is 5.73 Å². The number of amidine groups is 1. The van der Waals surface area contributed by atoms with E-state index in [1.807, 2.05) is 11.0 Å². The highest BCUT2D eigenvalue weighted by atomic mass is 16.6. The first-order valence-corrected chi connectivity index (χ1v) is 10.4. The van der Waals surface area contributed by atoms with Gasteiger partial charge in [0.15, 0.2) is 17.7 Å². The van der Waals surface area contributed by atoms with Crippen molar-refractivity contribution in [2.75, 3.05) is 20.4 Å². The zero-order chi connectivity index (χ0) is 20.9. The molecule has 160 valence electrons. The van der Waals surface area contributed by atoms with Crippen LogP contribution in [0.1, 0.15) is 29.9 Å². The number of nitrogens with two attached hydrogens (primary N) is 1. The van der Waals surface area contributed by atoms with Crippen LogP contribution in [0.2, 0.25) is 0 Å². The van der Waals surface area contributed by atoms with Crippen LogP contribution in [0.25, 0.3) is 0 Å². The second kappa shape index (κ2) is 7.51. The Hall–Kier alpha value is -2.17. The molecule has 3 aliphatic heterocycles. The highest BCUT2D eigenvalue weighted by Gasteiger charge is 2.53. The molecule has 0 saturated carbocycles. The molecule has 0 spiro atoms. The van der Waals surface area contributed by atoms with Gasteiger partial charge in [0.1, 0.15) is 37.0 Å². The number of benzene rings is 1. The summed E-state index contributed by atoms with van der Waals surface area (Å²) in [7, 11) is 1.51. The number of hydrogen-bond acceptors (Lipinski definition) is 9. The predicted octanol–water partition coefficient (Wildman–Crippen LogP) is 0.00910. The van der Waals surface area contributed by atoms with Crippen LogP contribution in [0.5, 0.6) is 0 Å². The molecule has 6 atom stereocenters. The smallest absolute Gasteiger partial charge is 0.162 e. The van der Waals surface area contributed by atoms with Gasteiger partial charge in [0.05, 0.1) is 6.61 Å². The molecule has 1 aromatic rings. The highest BCUT2D eigenvalue weighted by Crippen LogP contribution is 2.42. The lowest BCUT2D eigenvalue weighted by Crippen LogP contribution is -2.58. The van der Waals surface area contributed by atoms with Gasteiger partial charge < -0.3 is 30.3 Å². The molecule has 4 N–H and O–H groups in total. The summed E-state index contributed by atoms with van der Waals surface area (Å²) in [5.41, 5.74) is 9.08. The van der Waals surface area contributed by atoms with Gasteiger partial charge in [-0.3, -0.25) is 4.99 Å². The maximum absolute atomic E-state index is 10.4. The first kappa shape index (κ1) is 19.8. The van der Waals surface area contributed by atoms with Crippen LogP contribution in [0.15, 0.2) is 39.2 Å². The Balaban J connectivity index is 1.46. The number of hydrogen-bond donors (Lipinski definition) is 3. The Kier molecular flexibility index (Phi) is 4.95. The minimum absolute atomic E-state index is 0.00130. The highest BCUT2D eigenvalue weighted by molar-refractivity contribution is 6.47. The third-order valence-corrected chi connectivity index (χ3v) is 6.67. The molecule has 3 heterocycles. The summed E-state index contributed by atoms with van der Waals surface area (Å²) in [6, 6.07) is 8.38. The number of nitrogens with zero attached hydrogens (tertiary/aromatic N) is 4. The zero-order valence-electron chi connectivity index (χ0n) is 16.9. The van der Waals surface area contributed by atoms with Crippen molar-refractivity contribution in [2.24, 2.45) is 20.7 Å². The molecule has 1 fully saturated rings. The Bertz CT molecular complexity index is 918. The van der Waals surface area contributed by atoms with Crippen molar-refractivity contribution in [3.63, 3.8) is 0 Å². The number of fused-ring (bicyclic) bond motifs is 2. The molecule has 0 aromatic heterocycles. The molecule has 1 aliphatic carbocycles. The lowest BCUT2D eigenvalue weighted by atomic mass is 9.73. The molecule has 0 amide bonds. The van der Waals surface area contributed by atoms with Crippen molar-refractivity contribution >= 4 is 17.9 Å². The van der Waals surface area contributed by atoms with E-state index in [9.17, 15) is 10.2 Å². The molecule has 4 aliphatic rings. The summed E-state index contributed by atoms with van der Waals surface area (Å²) in [6.45, 7) is -0.0209. The summed E-state index contributed by atoms with van der Waals surface area (Å²) in [5.74, 6) is 0.592. The van der Waals surface area contributed by atoms with Gasteiger partial charge >= 0.3 is 0 Å². The number of rotatable bonds is 4. The van der Waals surface area contributed by atoms with E-state index in [2.05, 4.69) is 28.2 Å². The normalized spacial score (nSPS) is 37.6. The van der Waals surface area contributed by atoms with Crippen LogP contribution in [0.4, 0.5) is 0 Å². The number of aliphatic imine (C=N–C) groups is 3. The van der Waals surface area contributed by atoms with E-state index in [4.69, 9.17) is 20.2 Å². The number of aliphatic hydroxyl groups is 2. The Morgan fingerprint density at radius 3 is 3.00 bits per heavy atom. The minimum atomic E-state index is -1.02. The monoisotopic (exact) mass is 413 g/mol.